The van der Waals surface area contributed by atoms with Crippen LogP contribution in [0, 0.1) is 19.1 Å². The van der Waals surface area contributed by atoms with Crippen molar-refractivity contribution in [3.8, 4) is 5.75 Å². The molecule has 0 aromatic heterocycles. The third-order valence-corrected chi connectivity index (χ3v) is 2.30. The summed E-state index contributed by atoms with van der Waals surface area (Å²) in [6, 6.07) is 3.53. The van der Waals surface area contributed by atoms with Crippen molar-refractivity contribution in [1.29, 1.82) is 0 Å². The van der Waals surface area contributed by atoms with E-state index < -0.39 is 0 Å². The van der Waals surface area contributed by atoms with Crippen molar-refractivity contribution in [3.63, 3.8) is 0 Å². The maximum atomic E-state index is 11.4. The average molecular weight is 207 g/mol. The normalized spacial score (nSPS) is 12.2. The van der Waals surface area contributed by atoms with E-state index in [2.05, 4.69) is 0 Å². The lowest BCUT2D eigenvalue weighted by atomic mass is 10.1. The van der Waals surface area contributed by atoms with Gasteiger partial charge < -0.3 is 10.3 Å². The van der Waals surface area contributed by atoms with Gasteiger partial charge in [0.15, 0.2) is 12.3 Å². The van der Waals surface area contributed by atoms with Crippen molar-refractivity contribution < 1.29 is 9.85 Å². The van der Waals surface area contributed by atoms with Crippen LogP contribution >= 0.6 is 0 Å². The van der Waals surface area contributed by atoms with Crippen LogP contribution in [0.25, 0.3) is 0 Å². The van der Waals surface area contributed by atoms with Crippen molar-refractivity contribution in [2.45, 2.75) is 33.7 Å². The summed E-state index contributed by atoms with van der Waals surface area (Å²) in [4.78, 5) is 0. The number of rotatable bonds is 2. The number of nitrogens with zero attached hydrogens (tertiary/aromatic N) is 1. The summed E-state index contributed by atoms with van der Waals surface area (Å²) < 4.78 is 0.908. The van der Waals surface area contributed by atoms with Crippen LogP contribution in [0.3, 0.4) is 0 Å². The summed E-state index contributed by atoms with van der Waals surface area (Å²) in [5.41, 5.74) is 2.41. The predicted octanol–water partition coefficient (Wildman–Crippen LogP) is 2.35. The highest BCUT2D eigenvalue weighted by Gasteiger charge is 2.05. The third kappa shape index (κ3) is 2.72. The van der Waals surface area contributed by atoms with Crippen molar-refractivity contribution in [1.82, 2.24) is 0 Å². The Hall–Kier alpha value is -1.51. The quantitative estimate of drug-likeness (QED) is 0.350. The first kappa shape index (κ1) is 11.6. The first-order valence-corrected chi connectivity index (χ1v) is 5.02. The van der Waals surface area contributed by atoms with E-state index in [1.807, 2.05) is 27.7 Å². The summed E-state index contributed by atoms with van der Waals surface area (Å²) in [6.45, 7) is 7.32. The minimum Gasteiger partial charge on any atom is -0.624 e. The van der Waals surface area contributed by atoms with Crippen LogP contribution in [-0.4, -0.2) is 22.1 Å². The molecule has 0 bridgehead atoms. The summed E-state index contributed by atoms with van der Waals surface area (Å²) in [6.07, 6.45) is 1.55. The van der Waals surface area contributed by atoms with Crippen LogP contribution < -0.4 is 0 Å². The number of aryl methyl sites for hydroxylation is 2. The van der Waals surface area contributed by atoms with Gasteiger partial charge in [-0.2, -0.15) is 0 Å². The predicted molar refractivity (Wildman–Crippen MR) is 61.5 cm³/mol. The minimum absolute atomic E-state index is 0.0700. The molecule has 0 aliphatic carbocycles. The molecule has 0 heterocycles. The van der Waals surface area contributed by atoms with E-state index >= 15 is 0 Å². The van der Waals surface area contributed by atoms with Crippen LogP contribution in [0.5, 0.6) is 5.75 Å². The molecule has 15 heavy (non-hydrogen) atoms. The van der Waals surface area contributed by atoms with Gasteiger partial charge in [-0.05, 0) is 51.0 Å². The van der Waals surface area contributed by atoms with Crippen molar-refractivity contribution >= 4 is 6.21 Å². The fourth-order valence-electron chi connectivity index (χ4n) is 1.36. The molecule has 0 aliphatic rings. The average Bonchev–Trinajstić information content (AvgIpc) is 2.13. The van der Waals surface area contributed by atoms with Crippen LogP contribution in [0.2, 0.25) is 0 Å². The van der Waals surface area contributed by atoms with E-state index in [-0.39, 0.29) is 6.04 Å². The van der Waals surface area contributed by atoms with Crippen molar-refractivity contribution in [2.75, 3.05) is 0 Å². The molecule has 1 aromatic rings. The van der Waals surface area contributed by atoms with Crippen molar-refractivity contribution in [2.24, 2.45) is 0 Å². The Kier molecular flexibility index (Phi) is 3.35. The Morgan fingerprint density at radius 2 is 1.73 bits per heavy atom. The standard InChI is InChI=1S/C12H17NO2/c1-8(2)13(15)7-11-5-9(3)12(14)10(4)6-11/h5-8,14H,1-4H3. The Morgan fingerprint density at radius 1 is 1.27 bits per heavy atom. The minimum atomic E-state index is -0.0700. The first-order chi connectivity index (χ1) is 6.91. The SMILES string of the molecule is Cc1cc(C=[N+]([O-])C(C)C)cc(C)c1O. The van der Waals surface area contributed by atoms with Gasteiger partial charge in [0.1, 0.15) is 5.75 Å². The van der Waals surface area contributed by atoms with E-state index in [0.29, 0.717) is 5.75 Å². The Balaban J connectivity index is 3.13. The zero-order chi connectivity index (χ0) is 11.6. The number of benzene rings is 1. The lowest BCUT2D eigenvalue weighted by molar-refractivity contribution is -0.487. The highest BCUT2D eigenvalue weighted by molar-refractivity contribution is 5.77. The molecule has 3 nitrogen and oxygen atoms in total. The molecule has 0 amide bonds. The Morgan fingerprint density at radius 3 is 2.13 bits per heavy atom. The van der Waals surface area contributed by atoms with E-state index in [1.165, 1.54) is 0 Å². The lowest BCUT2D eigenvalue weighted by Gasteiger charge is -2.08. The summed E-state index contributed by atoms with van der Waals surface area (Å²) in [7, 11) is 0. The largest absolute Gasteiger partial charge is 0.624 e. The number of phenols is 1. The smallest absolute Gasteiger partial charge is 0.182 e. The fourth-order valence-corrected chi connectivity index (χ4v) is 1.36. The molecule has 0 fully saturated rings. The van der Waals surface area contributed by atoms with E-state index in [9.17, 15) is 10.3 Å². The molecule has 82 valence electrons. The van der Waals surface area contributed by atoms with Gasteiger partial charge in [0.2, 0.25) is 0 Å². The van der Waals surface area contributed by atoms with Gasteiger partial charge in [-0.3, -0.25) is 0 Å². The van der Waals surface area contributed by atoms with Crippen LogP contribution in [0.15, 0.2) is 12.1 Å². The van der Waals surface area contributed by atoms with E-state index in [0.717, 1.165) is 21.4 Å². The van der Waals surface area contributed by atoms with Gasteiger partial charge in [-0.1, -0.05) is 0 Å². The molecule has 0 saturated carbocycles. The highest BCUT2D eigenvalue weighted by Crippen LogP contribution is 2.21. The number of hydrogen-bond acceptors (Lipinski definition) is 2. The molecule has 1 rings (SSSR count). The Bertz CT molecular complexity index is 372. The van der Waals surface area contributed by atoms with E-state index in [1.54, 1.807) is 18.3 Å². The van der Waals surface area contributed by atoms with Gasteiger partial charge in [0, 0.05) is 5.56 Å². The Labute approximate surface area is 90.3 Å². The molecule has 0 aliphatic heterocycles. The van der Waals surface area contributed by atoms with Gasteiger partial charge >= 0.3 is 0 Å². The molecule has 3 heteroatoms. The van der Waals surface area contributed by atoms with Crippen LogP contribution in [0.4, 0.5) is 0 Å². The van der Waals surface area contributed by atoms with Crippen LogP contribution in [-0.2, 0) is 0 Å². The molecule has 0 spiro atoms. The summed E-state index contributed by atoms with van der Waals surface area (Å²) >= 11 is 0. The van der Waals surface area contributed by atoms with Gasteiger partial charge in [0.05, 0.1) is 0 Å². The molecule has 1 aromatic carbocycles. The number of aromatic hydroxyl groups is 1. The third-order valence-electron chi connectivity index (χ3n) is 2.30. The second-order valence-electron chi connectivity index (χ2n) is 4.09. The second-order valence-corrected chi connectivity index (χ2v) is 4.09. The second kappa shape index (κ2) is 4.34. The van der Waals surface area contributed by atoms with Crippen molar-refractivity contribution in [3.05, 3.63) is 34.0 Å². The maximum absolute atomic E-state index is 11.4. The van der Waals surface area contributed by atoms with E-state index in [4.69, 9.17) is 0 Å². The van der Waals surface area contributed by atoms with Gasteiger partial charge in [0.25, 0.3) is 0 Å². The summed E-state index contributed by atoms with van der Waals surface area (Å²) in [5.74, 6) is 0.300. The molecule has 0 unspecified atom stereocenters. The lowest BCUT2D eigenvalue weighted by Crippen LogP contribution is -2.15. The number of hydrogen-bond donors (Lipinski definition) is 1. The maximum Gasteiger partial charge on any atom is 0.182 e. The van der Waals surface area contributed by atoms with Gasteiger partial charge in [-0.25, -0.2) is 4.74 Å². The molecular weight excluding hydrogens is 190 g/mol. The molecule has 1 N–H and O–H groups in total. The van der Waals surface area contributed by atoms with Gasteiger partial charge in [-0.15, -0.1) is 0 Å². The zero-order valence-corrected chi connectivity index (χ0v) is 9.61. The molecule has 0 atom stereocenters. The van der Waals surface area contributed by atoms with Crippen LogP contribution in [0.1, 0.15) is 30.5 Å². The topological polar surface area (TPSA) is 46.3 Å². The highest BCUT2D eigenvalue weighted by atomic mass is 16.5. The number of phenolic OH excluding ortho intramolecular Hbond substituents is 1. The molecule has 0 saturated heterocycles. The summed E-state index contributed by atoms with van der Waals surface area (Å²) in [5, 5.41) is 21.0. The fraction of sp³-hybridized carbons (Fsp3) is 0.417. The molecule has 0 radical (unpaired) electrons. The number of hydroxylamine groups is 1. The zero-order valence-electron chi connectivity index (χ0n) is 9.61. The molecular formula is C12H17NO2. The first-order valence-electron chi connectivity index (χ1n) is 5.02. The monoisotopic (exact) mass is 207 g/mol.